The molecule has 13 nitrogen and oxygen atoms in total. The predicted molar refractivity (Wildman–Crippen MR) is 154 cm³/mol. The number of ether oxygens (including phenoxy) is 6. The third kappa shape index (κ3) is 5.60. The number of fused-ring (bicyclic) bond motifs is 1. The number of rotatable bonds is 8. The highest BCUT2D eigenvalue weighted by Gasteiger charge is 2.87. The summed E-state index contributed by atoms with van der Waals surface area (Å²) in [5.74, 6) is -4.89. The molecular weight excluding hydrogens is 590 g/mol. The second-order valence-corrected chi connectivity index (χ2v) is 12.6. The van der Waals surface area contributed by atoms with Gasteiger partial charge >= 0.3 is 29.8 Å². The topological polar surface area (TPSA) is 174 Å². The number of allylic oxidation sites excluding steroid dienone is 1. The zero-order valence-electron chi connectivity index (χ0n) is 26.8. The maximum Gasteiger partial charge on any atom is 0.340 e. The molecule has 0 amide bonds. The Morgan fingerprint density at radius 1 is 0.978 bits per heavy atom. The molecular formula is C32H41NO12. The van der Waals surface area contributed by atoms with Crippen molar-refractivity contribution >= 4 is 29.8 Å². The van der Waals surface area contributed by atoms with Crippen LogP contribution in [0.15, 0.2) is 36.2 Å². The van der Waals surface area contributed by atoms with Gasteiger partial charge in [-0.1, -0.05) is 6.08 Å². The number of nitrogens with zero attached hydrogens (tertiary/aromatic N) is 1. The lowest BCUT2D eigenvalue weighted by molar-refractivity contribution is -0.348. The molecule has 0 aromatic carbocycles. The van der Waals surface area contributed by atoms with Crippen molar-refractivity contribution in [2.75, 3.05) is 6.61 Å². The summed E-state index contributed by atoms with van der Waals surface area (Å²) < 4.78 is 36.7. The number of carbonyl (C=O) groups is 5. The Bertz CT molecular complexity index is 1390. The summed E-state index contributed by atoms with van der Waals surface area (Å²) in [6.45, 7) is 10.8. The lowest BCUT2D eigenvalue weighted by Gasteiger charge is -2.65. The maximum atomic E-state index is 13.7. The molecule has 2 heterocycles. The molecule has 2 bridgehead atoms. The van der Waals surface area contributed by atoms with E-state index >= 15 is 0 Å². The normalized spacial score (nSPS) is 35.0. The van der Waals surface area contributed by atoms with Crippen LogP contribution in [0.3, 0.4) is 0 Å². The molecule has 2 aliphatic carbocycles. The van der Waals surface area contributed by atoms with Crippen molar-refractivity contribution in [3.63, 3.8) is 0 Å². The molecule has 1 spiro atoms. The number of esters is 5. The number of carbonyl (C=O) groups excluding carboxylic acids is 5. The van der Waals surface area contributed by atoms with Crippen LogP contribution >= 0.6 is 0 Å². The molecule has 1 saturated heterocycles. The predicted octanol–water partition coefficient (Wildman–Crippen LogP) is 2.62. The van der Waals surface area contributed by atoms with E-state index in [4.69, 9.17) is 28.4 Å². The van der Waals surface area contributed by atoms with Crippen LogP contribution in [0.5, 0.6) is 0 Å². The lowest BCUT2D eigenvalue weighted by Crippen LogP contribution is -2.83. The summed E-state index contributed by atoms with van der Waals surface area (Å²) in [4.78, 5) is 69.0. The van der Waals surface area contributed by atoms with Gasteiger partial charge in [0, 0.05) is 38.7 Å². The van der Waals surface area contributed by atoms with E-state index in [0.717, 1.165) is 13.8 Å². The van der Waals surface area contributed by atoms with Gasteiger partial charge in [-0.2, -0.15) is 0 Å². The molecule has 3 fully saturated rings. The summed E-state index contributed by atoms with van der Waals surface area (Å²) in [6, 6.07) is 3.04. The van der Waals surface area contributed by atoms with Crippen LogP contribution in [0.1, 0.15) is 78.6 Å². The van der Waals surface area contributed by atoms with Gasteiger partial charge in [0.25, 0.3) is 0 Å². The molecule has 2 saturated carbocycles. The van der Waals surface area contributed by atoms with Gasteiger partial charge in [-0.3, -0.25) is 19.4 Å². The summed E-state index contributed by atoms with van der Waals surface area (Å²) >= 11 is 0. The largest absolute Gasteiger partial charge is 0.465 e. The Morgan fingerprint density at radius 2 is 1.64 bits per heavy atom. The van der Waals surface area contributed by atoms with E-state index in [-0.39, 0.29) is 24.0 Å². The number of pyridine rings is 1. The van der Waals surface area contributed by atoms with Crippen LogP contribution in [0.4, 0.5) is 0 Å². The summed E-state index contributed by atoms with van der Waals surface area (Å²) in [7, 11) is 0. The highest BCUT2D eigenvalue weighted by Crippen LogP contribution is 2.69. The zero-order valence-corrected chi connectivity index (χ0v) is 26.8. The summed E-state index contributed by atoms with van der Waals surface area (Å²) in [6.07, 6.45) is -1.30. The quantitative estimate of drug-likeness (QED) is 0.252. The van der Waals surface area contributed by atoms with Crippen molar-refractivity contribution in [1.29, 1.82) is 0 Å². The van der Waals surface area contributed by atoms with Gasteiger partial charge in [-0.05, 0) is 59.6 Å². The molecule has 0 unspecified atom stereocenters. The summed E-state index contributed by atoms with van der Waals surface area (Å²) in [5.41, 5.74) is -6.94. The smallest absolute Gasteiger partial charge is 0.340 e. The number of aliphatic hydroxyl groups is 1. The van der Waals surface area contributed by atoms with Gasteiger partial charge in [-0.25, -0.2) is 9.59 Å². The SMILES string of the molecule is C/C=C(\C)C(=O)O[C@@H]1[C@H](OC(C)=O)[C@@H]2[C@@H](OC(=O)c3cccnc3)[C@@]3(OC2(C)C)[C@@]1(COC(C)=O)[C@@H](OC(C)=O)CC[C@]3(C)O. The van der Waals surface area contributed by atoms with Gasteiger partial charge in [0.1, 0.15) is 30.3 Å². The first-order valence-corrected chi connectivity index (χ1v) is 14.8. The second kappa shape index (κ2) is 12.2. The fourth-order valence-corrected chi connectivity index (χ4v) is 7.49. The molecule has 45 heavy (non-hydrogen) atoms. The van der Waals surface area contributed by atoms with Crippen molar-refractivity contribution in [1.82, 2.24) is 4.98 Å². The van der Waals surface area contributed by atoms with E-state index in [2.05, 4.69) is 4.98 Å². The minimum atomic E-state index is -2.05. The standard InChI is InChI=1S/C32H41NO12/c1-9-17(2)27(37)44-26-24(42-20(5)36)23-25(43-28(38)21-11-10-14-33-15-21)32(45-29(23,6)7)30(8,39)13-12-22(41-19(4)35)31(26,32)16-40-18(3)34/h9-11,14-15,22-26,39H,12-13,16H2,1-8H3/b17-9+/t22-,23+,24+,25+,26+,30-,31-,32-/m0/s1. The molecule has 1 aromatic rings. The van der Waals surface area contributed by atoms with Crippen molar-refractivity contribution < 1.29 is 57.5 Å². The molecule has 0 radical (unpaired) electrons. The number of hydrogen-bond acceptors (Lipinski definition) is 13. The van der Waals surface area contributed by atoms with Gasteiger partial charge < -0.3 is 33.5 Å². The molecule has 1 N–H and O–H groups in total. The Labute approximate surface area is 261 Å². The Balaban J connectivity index is 2.11. The van der Waals surface area contributed by atoms with E-state index in [1.54, 1.807) is 26.8 Å². The number of aromatic nitrogens is 1. The third-order valence-electron chi connectivity index (χ3n) is 9.32. The lowest BCUT2D eigenvalue weighted by atomic mass is 9.46. The molecule has 1 aromatic heterocycles. The first kappa shape index (κ1) is 34.0. The molecule has 246 valence electrons. The fraction of sp³-hybridized carbons (Fsp3) is 0.625. The minimum Gasteiger partial charge on any atom is -0.465 e. The second-order valence-electron chi connectivity index (χ2n) is 12.6. The average Bonchev–Trinajstić information content (AvgIpc) is 3.15. The average molecular weight is 632 g/mol. The van der Waals surface area contributed by atoms with Gasteiger partial charge in [0.2, 0.25) is 0 Å². The zero-order chi connectivity index (χ0) is 33.5. The van der Waals surface area contributed by atoms with Gasteiger partial charge in [0.15, 0.2) is 11.7 Å². The number of hydrogen-bond donors (Lipinski definition) is 1. The first-order valence-electron chi connectivity index (χ1n) is 14.8. The van der Waals surface area contributed by atoms with E-state index in [1.807, 2.05) is 0 Å². The van der Waals surface area contributed by atoms with Crippen molar-refractivity contribution in [3.8, 4) is 0 Å². The maximum absolute atomic E-state index is 13.7. The van der Waals surface area contributed by atoms with Gasteiger partial charge in [-0.15, -0.1) is 0 Å². The molecule has 8 atom stereocenters. The molecule has 13 heteroatoms. The van der Waals surface area contributed by atoms with E-state index in [1.165, 1.54) is 45.3 Å². The molecule has 3 aliphatic rings. The van der Waals surface area contributed by atoms with Crippen LogP contribution in [-0.2, 0) is 47.6 Å². The van der Waals surface area contributed by atoms with Crippen LogP contribution in [-0.4, -0.2) is 87.8 Å². The van der Waals surface area contributed by atoms with Crippen molar-refractivity contribution in [2.45, 2.75) is 109 Å². The van der Waals surface area contributed by atoms with Gasteiger partial charge in [0.05, 0.1) is 22.7 Å². The van der Waals surface area contributed by atoms with E-state index in [0.29, 0.717) is 0 Å². The van der Waals surface area contributed by atoms with Crippen molar-refractivity contribution in [3.05, 3.63) is 41.7 Å². The Hall–Kier alpha value is -3.84. The van der Waals surface area contributed by atoms with E-state index in [9.17, 15) is 29.1 Å². The van der Waals surface area contributed by atoms with Crippen LogP contribution in [0.2, 0.25) is 0 Å². The van der Waals surface area contributed by atoms with Crippen molar-refractivity contribution in [2.24, 2.45) is 11.3 Å². The third-order valence-corrected chi connectivity index (χ3v) is 9.32. The first-order chi connectivity index (χ1) is 20.9. The monoisotopic (exact) mass is 631 g/mol. The van der Waals surface area contributed by atoms with Crippen LogP contribution in [0.25, 0.3) is 0 Å². The fourth-order valence-electron chi connectivity index (χ4n) is 7.49. The minimum absolute atomic E-state index is 0.00321. The van der Waals surface area contributed by atoms with Crippen LogP contribution < -0.4 is 0 Å². The Kier molecular flexibility index (Phi) is 9.20. The van der Waals surface area contributed by atoms with E-state index < -0.39 is 89.0 Å². The summed E-state index contributed by atoms with van der Waals surface area (Å²) in [5, 5.41) is 12.4. The molecule has 4 rings (SSSR count). The molecule has 1 aliphatic heterocycles. The highest BCUT2D eigenvalue weighted by molar-refractivity contribution is 5.89. The van der Waals surface area contributed by atoms with Crippen LogP contribution in [0, 0.1) is 11.3 Å². The highest BCUT2D eigenvalue weighted by atomic mass is 16.6. The Morgan fingerprint density at radius 3 is 2.20 bits per heavy atom.